The molecule has 2 N–H and O–H groups in total. The molecule has 0 bridgehead atoms. The lowest BCUT2D eigenvalue weighted by molar-refractivity contribution is -0.141. The number of carbonyl (C=O) groups excluding carboxylic acids is 1. The van der Waals surface area contributed by atoms with Gasteiger partial charge in [0.1, 0.15) is 6.04 Å². The summed E-state index contributed by atoms with van der Waals surface area (Å²) >= 11 is 0. The van der Waals surface area contributed by atoms with Crippen LogP contribution in [-0.4, -0.2) is 40.6 Å². The summed E-state index contributed by atoms with van der Waals surface area (Å²) in [6.07, 6.45) is 4.57. The normalized spacial score (nSPS) is 30.4. The summed E-state index contributed by atoms with van der Waals surface area (Å²) in [4.78, 5) is 24.7. The van der Waals surface area contributed by atoms with Gasteiger partial charge in [0.2, 0.25) is 0 Å². The third-order valence-electron chi connectivity index (χ3n) is 4.35. The van der Waals surface area contributed by atoms with Crippen LogP contribution in [0.5, 0.6) is 0 Å². The summed E-state index contributed by atoms with van der Waals surface area (Å²) in [5.41, 5.74) is 0.119. The average molecular weight is 254 g/mol. The lowest BCUT2D eigenvalue weighted by atomic mass is 9.87. The number of hydrogen-bond acceptors (Lipinski definition) is 2. The summed E-state index contributed by atoms with van der Waals surface area (Å²) in [6, 6.07) is -0.686. The van der Waals surface area contributed by atoms with Crippen molar-refractivity contribution < 1.29 is 14.7 Å². The summed E-state index contributed by atoms with van der Waals surface area (Å²) in [6.45, 7) is 4.86. The van der Waals surface area contributed by atoms with Crippen molar-refractivity contribution in [1.82, 2.24) is 10.2 Å². The van der Waals surface area contributed by atoms with E-state index in [-0.39, 0.29) is 17.5 Å². The summed E-state index contributed by atoms with van der Waals surface area (Å²) in [7, 11) is 0. The van der Waals surface area contributed by atoms with E-state index < -0.39 is 12.0 Å². The molecule has 2 aliphatic rings. The molecular formula is C13H22N2O3. The maximum Gasteiger partial charge on any atom is 0.326 e. The Morgan fingerprint density at radius 1 is 1.28 bits per heavy atom. The van der Waals surface area contributed by atoms with Gasteiger partial charge in [-0.3, -0.25) is 0 Å². The fraction of sp³-hybridized carbons (Fsp3) is 0.846. The van der Waals surface area contributed by atoms with Crippen LogP contribution in [0.2, 0.25) is 0 Å². The number of hydrogen-bond donors (Lipinski definition) is 2. The van der Waals surface area contributed by atoms with Crippen LogP contribution >= 0.6 is 0 Å². The molecule has 2 amide bonds. The minimum absolute atomic E-state index is 0.119. The monoisotopic (exact) mass is 254 g/mol. The second kappa shape index (κ2) is 4.78. The van der Waals surface area contributed by atoms with E-state index >= 15 is 0 Å². The number of nitrogens with zero attached hydrogens (tertiary/aromatic N) is 1. The number of carboxylic acids is 1. The smallest absolute Gasteiger partial charge is 0.326 e. The van der Waals surface area contributed by atoms with Gasteiger partial charge in [-0.25, -0.2) is 9.59 Å². The molecule has 1 unspecified atom stereocenters. The Morgan fingerprint density at radius 2 is 2.00 bits per heavy atom. The van der Waals surface area contributed by atoms with E-state index in [1.807, 2.05) is 0 Å². The first-order valence-electron chi connectivity index (χ1n) is 6.72. The van der Waals surface area contributed by atoms with Gasteiger partial charge in [-0.05, 0) is 31.1 Å². The van der Waals surface area contributed by atoms with E-state index in [2.05, 4.69) is 19.2 Å². The Bertz CT molecular complexity index is 354. The number of amides is 2. The van der Waals surface area contributed by atoms with Crippen molar-refractivity contribution >= 4 is 12.0 Å². The van der Waals surface area contributed by atoms with Gasteiger partial charge in [0.05, 0.1) is 0 Å². The third-order valence-corrected chi connectivity index (χ3v) is 4.35. The number of likely N-dealkylation sites (tertiary alicyclic amines) is 1. The van der Waals surface area contributed by atoms with Crippen molar-refractivity contribution in [2.75, 3.05) is 6.54 Å². The Labute approximate surface area is 108 Å². The zero-order valence-corrected chi connectivity index (χ0v) is 11.1. The Hall–Kier alpha value is -1.26. The topological polar surface area (TPSA) is 69.6 Å². The van der Waals surface area contributed by atoms with Gasteiger partial charge in [-0.15, -0.1) is 0 Å². The van der Waals surface area contributed by atoms with Gasteiger partial charge in [0.25, 0.3) is 0 Å². The molecule has 0 spiro atoms. The fourth-order valence-electron chi connectivity index (χ4n) is 3.09. The maximum atomic E-state index is 12.2. The van der Waals surface area contributed by atoms with Crippen LogP contribution in [0, 0.1) is 5.41 Å². The molecule has 18 heavy (non-hydrogen) atoms. The molecule has 0 aromatic heterocycles. The van der Waals surface area contributed by atoms with E-state index in [0.29, 0.717) is 13.0 Å². The predicted molar refractivity (Wildman–Crippen MR) is 67.3 cm³/mol. The summed E-state index contributed by atoms with van der Waals surface area (Å²) in [5.74, 6) is -0.895. The van der Waals surface area contributed by atoms with Crippen LogP contribution in [0.25, 0.3) is 0 Å². The van der Waals surface area contributed by atoms with E-state index in [9.17, 15) is 9.59 Å². The molecule has 2 atom stereocenters. The van der Waals surface area contributed by atoms with Gasteiger partial charge in [0.15, 0.2) is 0 Å². The van der Waals surface area contributed by atoms with Crippen LogP contribution in [0.1, 0.15) is 46.0 Å². The molecule has 1 saturated heterocycles. The molecule has 5 heteroatoms. The van der Waals surface area contributed by atoms with Crippen LogP contribution in [0.3, 0.4) is 0 Å². The Balaban J connectivity index is 1.97. The van der Waals surface area contributed by atoms with Crippen molar-refractivity contribution in [1.29, 1.82) is 0 Å². The number of carboxylic acid groups (broad SMARTS) is 1. The first-order valence-corrected chi connectivity index (χ1v) is 6.72. The molecule has 1 aliphatic heterocycles. The zero-order valence-electron chi connectivity index (χ0n) is 11.1. The second-order valence-corrected chi connectivity index (χ2v) is 6.07. The van der Waals surface area contributed by atoms with Crippen molar-refractivity contribution in [2.24, 2.45) is 5.41 Å². The standard InChI is InChI=1S/C13H22N2O3/c1-13(2)7-3-6-10(13)14-12(18)15-8-4-5-9(15)11(16)17/h9-10H,3-8H2,1-2H3,(H,14,18)(H,16,17)/t9-,10?/m0/s1. The highest BCUT2D eigenvalue weighted by atomic mass is 16.4. The van der Waals surface area contributed by atoms with Crippen molar-refractivity contribution in [3.8, 4) is 0 Å². The molecule has 2 fully saturated rings. The predicted octanol–water partition coefficient (Wildman–Crippen LogP) is 1.82. The van der Waals surface area contributed by atoms with Gasteiger partial charge >= 0.3 is 12.0 Å². The van der Waals surface area contributed by atoms with E-state index in [0.717, 1.165) is 25.7 Å². The minimum atomic E-state index is -0.895. The highest BCUT2D eigenvalue weighted by Crippen LogP contribution is 2.37. The van der Waals surface area contributed by atoms with Gasteiger partial charge in [0, 0.05) is 12.6 Å². The van der Waals surface area contributed by atoms with Crippen molar-refractivity contribution in [3.63, 3.8) is 0 Å². The second-order valence-electron chi connectivity index (χ2n) is 6.07. The molecule has 1 heterocycles. The summed E-state index contributed by atoms with van der Waals surface area (Å²) < 4.78 is 0. The fourth-order valence-corrected chi connectivity index (χ4v) is 3.09. The van der Waals surface area contributed by atoms with Crippen molar-refractivity contribution in [2.45, 2.75) is 58.0 Å². The lowest BCUT2D eigenvalue weighted by Gasteiger charge is -2.31. The van der Waals surface area contributed by atoms with Crippen LogP contribution < -0.4 is 5.32 Å². The van der Waals surface area contributed by atoms with Gasteiger partial charge < -0.3 is 15.3 Å². The average Bonchev–Trinajstić information content (AvgIpc) is 2.86. The minimum Gasteiger partial charge on any atom is -0.480 e. The number of urea groups is 1. The Kier molecular flexibility index (Phi) is 3.50. The number of aliphatic carboxylic acids is 1. The molecule has 0 radical (unpaired) electrons. The number of nitrogens with one attached hydrogen (secondary N) is 1. The van der Waals surface area contributed by atoms with Crippen LogP contribution in [0.4, 0.5) is 4.79 Å². The number of rotatable bonds is 2. The van der Waals surface area contributed by atoms with Crippen LogP contribution in [-0.2, 0) is 4.79 Å². The van der Waals surface area contributed by atoms with Crippen molar-refractivity contribution in [3.05, 3.63) is 0 Å². The molecule has 2 rings (SSSR count). The zero-order chi connectivity index (χ0) is 13.3. The lowest BCUT2D eigenvalue weighted by Crippen LogP contribution is -2.51. The summed E-state index contributed by atoms with van der Waals surface area (Å²) in [5, 5.41) is 12.1. The van der Waals surface area contributed by atoms with E-state index in [1.54, 1.807) is 0 Å². The molecule has 1 saturated carbocycles. The van der Waals surface area contributed by atoms with Gasteiger partial charge in [-0.2, -0.15) is 0 Å². The van der Waals surface area contributed by atoms with Gasteiger partial charge in [-0.1, -0.05) is 20.3 Å². The highest BCUT2D eigenvalue weighted by molar-refractivity contribution is 5.83. The SMILES string of the molecule is CC1(C)CCCC1NC(=O)N1CCC[C@H]1C(=O)O. The quantitative estimate of drug-likeness (QED) is 0.789. The molecule has 1 aliphatic carbocycles. The first-order chi connectivity index (χ1) is 8.42. The molecule has 0 aromatic carbocycles. The first kappa shape index (κ1) is 13.2. The van der Waals surface area contributed by atoms with E-state index in [4.69, 9.17) is 5.11 Å². The molecule has 5 nitrogen and oxygen atoms in total. The number of carbonyl (C=O) groups is 2. The molecular weight excluding hydrogens is 232 g/mol. The third kappa shape index (κ3) is 2.44. The molecule has 0 aromatic rings. The Morgan fingerprint density at radius 3 is 2.56 bits per heavy atom. The molecule has 102 valence electrons. The van der Waals surface area contributed by atoms with Crippen LogP contribution in [0.15, 0.2) is 0 Å². The van der Waals surface area contributed by atoms with E-state index in [1.165, 1.54) is 4.90 Å². The largest absolute Gasteiger partial charge is 0.480 e. The highest BCUT2D eigenvalue weighted by Gasteiger charge is 2.39. The maximum absolute atomic E-state index is 12.2.